The highest BCUT2D eigenvalue weighted by molar-refractivity contribution is 6.30. The summed E-state index contributed by atoms with van der Waals surface area (Å²) >= 11 is 5.89. The molecule has 1 N–H and O–H groups in total. The van der Waals surface area contributed by atoms with Crippen LogP contribution in [0.3, 0.4) is 0 Å². The summed E-state index contributed by atoms with van der Waals surface area (Å²) < 4.78 is 1.75. The average Bonchev–Trinajstić information content (AvgIpc) is 2.96. The quantitative estimate of drug-likeness (QED) is 0.844. The number of hydrogen-bond acceptors (Lipinski definition) is 2. The van der Waals surface area contributed by atoms with Gasteiger partial charge in [-0.3, -0.25) is 4.79 Å². The first-order chi connectivity index (χ1) is 8.72. The summed E-state index contributed by atoms with van der Waals surface area (Å²) in [4.78, 5) is 16.3. The van der Waals surface area contributed by atoms with Gasteiger partial charge in [-0.1, -0.05) is 23.8 Å². The van der Waals surface area contributed by atoms with E-state index in [4.69, 9.17) is 11.6 Å². The molecule has 5 heteroatoms. The average molecular weight is 262 g/mol. The lowest BCUT2D eigenvalue weighted by atomic mass is 10.2. The molecule has 0 bridgehead atoms. The maximum atomic E-state index is 12.0. The molecule has 0 saturated heterocycles. The summed E-state index contributed by atoms with van der Waals surface area (Å²) in [6.07, 6.45) is 9.50. The van der Waals surface area contributed by atoms with Crippen LogP contribution < -0.4 is 5.32 Å². The van der Waals surface area contributed by atoms with E-state index in [1.807, 2.05) is 6.08 Å². The number of aromatic nitrogens is 2. The molecular formula is C13H12ClN3O. The van der Waals surface area contributed by atoms with E-state index in [9.17, 15) is 4.79 Å². The zero-order chi connectivity index (χ0) is 12.5. The summed E-state index contributed by atoms with van der Waals surface area (Å²) in [5.74, 6) is -0.147. The van der Waals surface area contributed by atoms with E-state index in [2.05, 4.69) is 16.4 Å². The third-order valence-corrected chi connectivity index (χ3v) is 3.20. The fourth-order valence-electron chi connectivity index (χ4n) is 2.07. The lowest BCUT2D eigenvalue weighted by Crippen LogP contribution is -2.32. The van der Waals surface area contributed by atoms with Gasteiger partial charge in [0.1, 0.15) is 11.3 Å². The molecule has 0 aliphatic heterocycles. The summed E-state index contributed by atoms with van der Waals surface area (Å²) in [6, 6.07) is 3.67. The maximum Gasteiger partial charge on any atom is 0.271 e. The van der Waals surface area contributed by atoms with Gasteiger partial charge in [0.25, 0.3) is 5.91 Å². The summed E-state index contributed by atoms with van der Waals surface area (Å²) in [5.41, 5.74) is 1.13. The highest BCUT2D eigenvalue weighted by atomic mass is 35.5. The van der Waals surface area contributed by atoms with Crippen LogP contribution in [-0.2, 0) is 0 Å². The van der Waals surface area contributed by atoms with E-state index >= 15 is 0 Å². The molecule has 1 aliphatic rings. The first kappa shape index (κ1) is 11.3. The maximum absolute atomic E-state index is 12.0. The van der Waals surface area contributed by atoms with E-state index < -0.39 is 0 Å². The van der Waals surface area contributed by atoms with Crippen molar-refractivity contribution in [1.29, 1.82) is 0 Å². The second kappa shape index (κ2) is 4.46. The van der Waals surface area contributed by atoms with Gasteiger partial charge < -0.3 is 9.72 Å². The molecule has 1 unspecified atom stereocenters. The number of allylic oxidation sites excluding steroid dienone is 1. The molecular weight excluding hydrogens is 250 g/mol. The Bertz CT molecular complexity index is 632. The topological polar surface area (TPSA) is 46.4 Å². The van der Waals surface area contributed by atoms with Gasteiger partial charge in [0.05, 0.1) is 5.02 Å². The lowest BCUT2D eigenvalue weighted by Gasteiger charge is -2.08. The Labute approximate surface area is 109 Å². The second-order valence-corrected chi connectivity index (χ2v) is 4.76. The molecule has 2 heterocycles. The van der Waals surface area contributed by atoms with E-state index in [0.29, 0.717) is 16.4 Å². The number of pyridine rings is 1. The number of carbonyl (C=O) groups is 1. The van der Waals surface area contributed by atoms with Crippen molar-refractivity contribution < 1.29 is 4.79 Å². The third kappa shape index (κ3) is 2.11. The van der Waals surface area contributed by atoms with Crippen LogP contribution in [-0.4, -0.2) is 21.3 Å². The number of nitrogens with zero attached hydrogens (tertiary/aromatic N) is 2. The summed E-state index contributed by atoms with van der Waals surface area (Å²) in [6.45, 7) is 0. The van der Waals surface area contributed by atoms with E-state index in [1.165, 1.54) is 0 Å². The Kier molecular flexibility index (Phi) is 2.80. The predicted octanol–water partition coefficient (Wildman–Crippen LogP) is 2.44. The van der Waals surface area contributed by atoms with Crippen LogP contribution in [0.1, 0.15) is 23.3 Å². The second-order valence-electron chi connectivity index (χ2n) is 4.32. The van der Waals surface area contributed by atoms with Crippen molar-refractivity contribution in [3.63, 3.8) is 0 Å². The van der Waals surface area contributed by atoms with Gasteiger partial charge in [-0.15, -0.1) is 0 Å². The van der Waals surface area contributed by atoms with Crippen LogP contribution >= 0.6 is 11.6 Å². The van der Waals surface area contributed by atoms with Gasteiger partial charge in [-0.2, -0.15) is 0 Å². The van der Waals surface area contributed by atoms with E-state index in [0.717, 1.165) is 12.8 Å². The Balaban J connectivity index is 1.84. The Morgan fingerprint density at radius 2 is 2.33 bits per heavy atom. The molecule has 4 nitrogen and oxygen atoms in total. The molecule has 0 saturated carbocycles. The van der Waals surface area contributed by atoms with Crippen molar-refractivity contribution in [2.45, 2.75) is 18.9 Å². The van der Waals surface area contributed by atoms with Gasteiger partial charge in [0.15, 0.2) is 0 Å². The molecule has 1 amide bonds. The highest BCUT2D eigenvalue weighted by Crippen LogP contribution is 2.13. The van der Waals surface area contributed by atoms with Crippen molar-refractivity contribution in [1.82, 2.24) is 14.7 Å². The molecule has 92 valence electrons. The van der Waals surface area contributed by atoms with Crippen LogP contribution in [0.2, 0.25) is 5.02 Å². The summed E-state index contributed by atoms with van der Waals surface area (Å²) in [5, 5.41) is 3.55. The number of imidazole rings is 1. The van der Waals surface area contributed by atoms with Gasteiger partial charge in [0, 0.05) is 18.4 Å². The molecule has 0 aromatic carbocycles. The predicted molar refractivity (Wildman–Crippen MR) is 69.8 cm³/mol. The van der Waals surface area contributed by atoms with Crippen molar-refractivity contribution in [3.8, 4) is 0 Å². The minimum atomic E-state index is -0.147. The molecule has 0 spiro atoms. The van der Waals surface area contributed by atoms with Gasteiger partial charge in [-0.25, -0.2) is 4.98 Å². The van der Waals surface area contributed by atoms with Crippen LogP contribution in [0.4, 0.5) is 0 Å². The van der Waals surface area contributed by atoms with Crippen molar-refractivity contribution >= 4 is 23.2 Å². The van der Waals surface area contributed by atoms with Crippen molar-refractivity contribution in [2.24, 2.45) is 0 Å². The monoisotopic (exact) mass is 261 g/mol. The van der Waals surface area contributed by atoms with Gasteiger partial charge in [-0.05, 0) is 25.0 Å². The van der Waals surface area contributed by atoms with Crippen LogP contribution in [0.5, 0.6) is 0 Å². The third-order valence-electron chi connectivity index (χ3n) is 2.98. The van der Waals surface area contributed by atoms with Crippen LogP contribution in [0.25, 0.3) is 5.65 Å². The molecule has 3 rings (SSSR count). The number of hydrogen-bond donors (Lipinski definition) is 1. The van der Waals surface area contributed by atoms with Gasteiger partial charge in [0.2, 0.25) is 0 Å². The number of nitrogens with one attached hydrogen (secondary N) is 1. The molecule has 0 fully saturated rings. The van der Waals surface area contributed by atoms with Crippen LogP contribution in [0, 0.1) is 0 Å². The van der Waals surface area contributed by atoms with Gasteiger partial charge >= 0.3 is 0 Å². The molecule has 18 heavy (non-hydrogen) atoms. The molecule has 2 aromatic rings. The largest absolute Gasteiger partial charge is 0.344 e. The Morgan fingerprint density at radius 3 is 3.11 bits per heavy atom. The van der Waals surface area contributed by atoms with E-state index in [1.54, 1.807) is 28.9 Å². The lowest BCUT2D eigenvalue weighted by molar-refractivity contribution is 0.0940. The first-order valence-corrected chi connectivity index (χ1v) is 6.22. The molecule has 0 radical (unpaired) electrons. The minimum absolute atomic E-state index is 0.130. The molecule has 1 atom stereocenters. The number of rotatable bonds is 2. The number of fused-ring (bicyclic) bond motifs is 1. The Morgan fingerprint density at radius 1 is 1.44 bits per heavy atom. The van der Waals surface area contributed by atoms with Crippen molar-refractivity contribution in [2.75, 3.05) is 0 Å². The standard InChI is InChI=1S/C13H12ClN3O/c14-9-5-6-12-16-11(8-17(12)7-9)13(18)15-10-3-1-2-4-10/h1,3,5-8,10H,2,4H2,(H,15,18). The van der Waals surface area contributed by atoms with Crippen molar-refractivity contribution in [3.05, 3.63) is 47.4 Å². The number of halogens is 1. The van der Waals surface area contributed by atoms with Crippen LogP contribution in [0.15, 0.2) is 36.7 Å². The Hall–Kier alpha value is -1.81. The normalized spacial score (nSPS) is 18.4. The molecule has 1 aliphatic carbocycles. The fourth-order valence-corrected chi connectivity index (χ4v) is 2.24. The minimum Gasteiger partial charge on any atom is -0.344 e. The zero-order valence-corrected chi connectivity index (χ0v) is 10.4. The zero-order valence-electron chi connectivity index (χ0n) is 9.64. The highest BCUT2D eigenvalue weighted by Gasteiger charge is 2.16. The fraction of sp³-hybridized carbons (Fsp3) is 0.231. The molecule has 2 aromatic heterocycles. The number of carbonyl (C=O) groups excluding carboxylic acids is 1. The SMILES string of the molecule is O=C(NC1C=CCC1)c1cn2cc(Cl)ccc2n1. The summed E-state index contributed by atoms with van der Waals surface area (Å²) in [7, 11) is 0. The van der Waals surface area contributed by atoms with E-state index in [-0.39, 0.29) is 11.9 Å². The first-order valence-electron chi connectivity index (χ1n) is 5.84. The number of amides is 1. The smallest absolute Gasteiger partial charge is 0.271 e.